The molecule has 11 heavy (non-hydrogen) atoms. The van der Waals surface area contributed by atoms with Gasteiger partial charge in [0.1, 0.15) is 0 Å². The van der Waals surface area contributed by atoms with Gasteiger partial charge in [0.05, 0.1) is 0 Å². The Bertz CT molecular complexity index is 159. The standard InChI is InChI=1S/2Mg.HNO3.H2O4S.2H/c;;2-1(3)4;1-5(2,3)4;;/h;;(H,2,3,4);(H2,1,2,3,4);;/q;+2;;;;. The van der Waals surface area contributed by atoms with Crippen molar-refractivity contribution in [3.63, 3.8) is 0 Å². The Hall–Kier alpha value is 0.602. The predicted octanol–water partition coefficient (Wildman–Crippen LogP) is -2.30. The monoisotopic (exact) mass is 211 g/mol. The molecule has 0 unspecified atom stereocenters. The van der Waals surface area contributed by atoms with E-state index < -0.39 is 15.5 Å². The van der Waals surface area contributed by atoms with Crippen molar-refractivity contribution in [2.24, 2.45) is 0 Å². The van der Waals surface area contributed by atoms with Gasteiger partial charge in [-0.25, -0.2) is 0 Å². The van der Waals surface area contributed by atoms with E-state index in [2.05, 4.69) is 0 Å². The third-order valence-electron chi connectivity index (χ3n) is 0. The molecule has 0 heterocycles. The van der Waals surface area contributed by atoms with Crippen LogP contribution in [-0.2, 0) is 10.4 Å². The van der Waals surface area contributed by atoms with E-state index in [1.54, 1.807) is 0 Å². The molecule has 8 nitrogen and oxygen atoms in total. The average Bonchev–Trinajstić information content (AvgIpc) is 1.19. The Morgan fingerprint density at radius 2 is 1.27 bits per heavy atom. The van der Waals surface area contributed by atoms with Crippen molar-refractivity contribution in [3.8, 4) is 0 Å². The fourth-order valence-corrected chi connectivity index (χ4v) is 0. The molecule has 11 heteroatoms. The van der Waals surface area contributed by atoms with Crippen LogP contribution in [0.5, 0.6) is 0 Å². The minimum absolute atomic E-state index is 0. The normalized spacial score (nSPS) is 7.45. The number of hydrogen-bond acceptors (Lipinski definition) is 4. The molecule has 0 saturated heterocycles. The molecule has 0 aliphatic heterocycles. The minimum atomic E-state index is -4.67. The van der Waals surface area contributed by atoms with Crippen molar-refractivity contribution in [2.75, 3.05) is 0 Å². The van der Waals surface area contributed by atoms with Gasteiger partial charge in [-0.05, 0) is 0 Å². The maximum Gasteiger partial charge on any atom is 2.00 e. The van der Waals surface area contributed by atoms with Crippen LogP contribution in [0.15, 0.2) is 0 Å². The average molecular weight is 212 g/mol. The van der Waals surface area contributed by atoms with E-state index in [9.17, 15) is 0 Å². The fourth-order valence-electron chi connectivity index (χ4n) is 0. The third kappa shape index (κ3) is 2160. The first-order valence-electron chi connectivity index (χ1n) is 1.26. The van der Waals surface area contributed by atoms with Gasteiger partial charge in [-0.1, -0.05) is 0 Å². The van der Waals surface area contributed by atoms with Gasteiger partial charge in [0, 0.05) is 0 Å². The second-order valence-corrected chi connectivity index (χ2v) is 1.58. The number of nitrogens with zero attached hydrogens (tertiary/aromatic N) is 1. The Morgan fingerprint density at radius 3 is 1.27 bits per heavy atom. The van der Waals surface area contributed by atoms with Crippen LogP contribution >= 0.6 is 0 Å². The van der Waals surface area contributed by atoms with Crippen LogP contribution in [0.25, 0.3) is 0 Å². The van der Waals surface area contributed by atoms with Crippen molar-refractivity contribution in [2.45, 2.75) is 0 Å². The Kier molecular flexibility index (Phi) is 21.8. The van der Waals surface area contributed by atoms with Gasteiger partial charge < -0.3 is 5.21 Å². The van der Waals surface area contributed by atoms with E-state index in [0.717, 1.165) is 0 Å². The van der Waals surface area contributed by atoms with Crippen LogP contribution in [0, 0.1) is 10.1 Å². The van der Waals surface area contributed by atoms with Crippen LogP contribution in [0.4, 0.5) is 0 Å². The summed E-state index contributed by atoms with van der Waals surface area (Å²) in [6.07, 6.45) is 0. The Morgan fingerprint density at radius 1 is 1.27 bits per heavy atom. The van der Waals surface area contributed by atoms with Gasteiger partial charge in [0.15, 0.2) is 0 Å². The van der Waals surface area contributed by atoms with Gasteiger partial charge in [0.25, 0.3) is 5.09 Å². The molecule has 3 N–H and O–H groups in total. The zero-order chi connectivity index (χ0) is 8.08. The van der Waals surface area contributed by atoms with Crippen molar-refractivity contribution in [1.29, 1.82) is 0 Å². The first-order valence-corrected chi connectivity index (χ1v) is 2.66. The summed E-state index contributed by atoms with van der Waals surface area (Å²) in [4.78, 5) is 8.36. The summed E-state index contributed by atoms with van der Waals surface area (Å²) in [6, 6.07) is 0. The molecule has 0 aromatic heterocycles. The smallest absolute Gasteiger partial charge is 0.328 e. The van der Waals surface area contributed by atoms with Gasteiger partial charge in [-0.3, -0.25) is 9.11 Å². The summed E-state index contributed by atoms with van der Waals surface area (Å²) in [7, 11) is -4.67. The molecule has 0 aromatic carbocycles. The molecule has 0 amide bonds. The fraction of sp³-hybridized carbons (Fsp3) is 0. The van der Waals surface area contributed by atoms with Gasteiger partial charge >= 0.3 is 56.5 Å². The van der Waals surface area contributed by atoms with Gasteiger partial charge in [-0.15, -0.1) is 10.1 Å². The van der Waals surface area contributed by atoms with Gasteiger partial charge in [0.2, 0.25) is 0 Å². The second-order valence-electron chi connectivity index (χ2n) is 0.686. The van der Waals surface area contributed by atoms with Crippen LogP contribution in [-0.4, -0.2) is 73.9 Å². The number of rotatable bonds is 0. The molecule has 0 bridgehead atoms. The summed E-state index contributed by atoms with van der Waals surface area (Å²) < 4.78 is 31.6. The van der Waals surface area contributed by atoms with Crippen molar-refractivity contribution >= 4 is 56.5 Å². The van der Waals surface area contributed by atoms with Crippen molar-refractivity contribution < 1.29 is 27.8 Å². The molecule has 0 fully saturated rings. The Labute approximate surface area is 94.0 Å². The van der Waals surface area contributed by atoms with E-state index >= 15 is 0 Å². The van der Waals surface area contributed by atoms with E-state index in [1.165, 1.54) is 0 Å². The summed E-state index contributed by atoms with van der Waals surface area (Å²) in [5.41, 5.74) is 0. The zero-order valence-corrected chi connectivity index (χ0v) is 6.77. The summed E-state index contributed by atoms with van der Waals surface area (Å²) in [6.45, 7) is 0. The molecule has 0 atom stereocenters. The topological polar surface area (TPSA) is 138 Å². The summed E-state index contributed by atoms with van der Waals surface area (Å²) in [5.74, 6) is 0. The molecular weight excluding hydrogens is 207 g/mol. The van der Waals surface area contributed by atoms with Crippen LogP contribution < -0.4 is 0 Å². The van der Waals surface area contributed by atoms with E-state index in [-0.39, 0.29) is 46.1 Å². The number of hydrogen-bond donors (Lipinski definition) is 3. The molecule has 0 rings (SSSR count). The zero-order valence-electron chi connectivity index (χ0n) is 4.54. The molecule has 0 aromatic rings. The first-order chi connectivity index (χ1) is 3.73. The molecule has 0 spiro atoms. The molecule has 0 aliphatic carbocycles. The third-order valence-corrected chi connectivity index (χ3v) is 0. The summed E-state index contributed by atoms with van der Waals surface area (Å²) >= 11 is 0. The van der Waals surface area contributed by atoms with Crippen molar-refractivity contribution in [1.82, 2.24) is 0 Å². The van der Waals surface area contributed by atoms with Crippen LogP contribution in [0.2, 0.25) is 0 Å². The molecule has 0 aliphatic rings. The van der Waals surface area contributed by atoms with E-state index in [1.807, 2.05) is 0 Å². The van der Waals surface area contributed by atoms with Gasteiger partial charge in [-0.2, -0.15) is 8.42 Å². The van der Waals surface area contributed by atoms with E-state index in [4.69, 9.17) is 32.8 Å². The Balaban J connectivity index is -0.0000000383. The van der Waals surface area contributed by atoms with Crippen LogP contribution in [0.3, 0.4) is 0 Å². The SMILES string of the molecule is O=S(=O)(O)O.O=[N+]([O-])O.[Mg+2].[MgH2]. The first kappa shape index (κ1) is 22.6. The molecule has 0 saturated carbocycles. The molecular formula is H5Mg2NO7S+2. The quantitative estimate of drug-likeness (QED) is 0.177. The predicted molar refractivity (Wildman–Crippen MR) is 37.3 cm³/mol. The van der Waals surface area contributed by atoms with E-state index in [0.29, 0.717) is 0 Å². The largest absolute Gasteiger partial charge is 2.00 e. The molecule has 60 valence electrons. The second kappa shape index (κ2) is 10.6. The minimum Gasteiger partial charge on any atom is -0.328 e. The van der Waals surface area contributed by atoms with Crippen LogP contribution in [0.1, 0.15) is 0 Å². The maximum atomic E-state index is 8.74. The van der Waals surface area contributed by atoms with Crippen molar-refractivity contribution in [3.05, 3.63) is 10.1 Å². The summed E-state index contributed by atoms with van der Waals surface area (Å²) in [5, 5.41) is 13.6. The maximum absolute atomic E-state index is 8.74. The molecule has 0 radical (unpaired) electrons.